The monoisotopic (exact) mass is 443 g/mol. The first-order valence-corrected chi connectivity index (χ1v) is 12.5. The minimum atomic E-state index is -3.08. The predicted molar refractivity (Wildman–Crippen MR) is 124 cm³/mol. The first-order chi connectivity index (χ1) is 14.2. The molecule has 0 radical (unpaired) electrons. The number of aryl methyl sites for hydroxylation is 1. The molecule has 0 unspecified atom stereocenters. The third-order valence-corrected chi connectivity index (χ3v) is 8.58. The number of benzene rings is 2. The van der Waals surface area contributed by atoms with Crippen LogP contribution < -0.4 is 9.80 Å². The number of hydrogen-bond donors (Lipinski definition) is 0. The zero-order valence-electron chi connectivity index (χ0n) is 17.3. The fraction of sp³-hybridized carbons (Fsp3) is 0.364. The standard InChI is InChI=1S/C22H25N3O3S2/c1-15-5-4-6-16(11-15)12-21(26)23-22-25(18-9-7-17(8-10-18)24(2)3)19-13-30(27,28)14-20(19)29-22/h4-11,19-20H,12-14H2,1-3H3/t19-,20+/m1/s1. The van der Waals surface area contributed by atoms with Gasteiger partial charge in [-0.2, -0.15) is 4.99 Å². The molecule has 0 bridgehead atoms. The molecule has 2 aromatic rings. The highest BCUT2D eigenvalue weighted by molar-refractivity contribution is 8.16. The Kier molecular flexibility index (Phi) is 5.63. The molecule has 2 aliphatic rings. The Labute approximate surface area is 181 Å². The molecule has 0 aromatic heterocycles. The zero-order valence-corrected chi connectivity index (χ0v) is 18.9. The van der Waals surface area contributed by atoms with Crippen LogP contribution in [0.3, 0.4) is 0 Å². The van der Waals surface area contributed by atoms with Gasteiger partial charge in [-0.25, -0.2) is 8.42 Å². The molecule has 2 fully saturated rings. The van der Waals surface area contributed by atoms with Crippen LogP contribution in [-0.4, -0.2) is 56.4 Å². The molecule has 0 aliphatic carbocycles. The quantitative estimate of drug-likeness (QED) is 0.724. The molecule has 2 saturated heterocycles. The number of thioether (sulfide) groups is 1. The van der Waals surface area contributed by atoms with Gasteiger partial charge in [0.05, 0.1) is 24.0 Å². The van der Waals surface area contributed by atoms with Crippen LogP contribution in [0.1, 0.15) is 11.1 Å². The van der Waals surface area contributed by atoms with Gasteiger partial charge in [0.15, 0.2) is 15.0 Å². The lowest BCUT2D eigenvalue weighted by Gasteiger charge is -2.25. The van der Waals surface area contributed by atoms with Gasteiger partial charge in [-0.3, -0.25) is 4.79 Å². The van der Waals surface area contributed by atoms with Crippen molar-refractivity contribution in [2.45, 2.75) is 24.6 Å². The zero-order chi connectivity index (χ0) is 21.5. The molecule has 2 heterocycles. The fourth-order valence-electron chi connectivity index (χ4n) is 3.92. The van der Waals surface area contributed by atoms with Crippen LogP contribution in [0, 0.1) is 6.92 Å². The summed E-state index contributed by atoms with van der Waals surface area (Å²) < 4.78 is 24.4. The number of sulfone groups is 1. The third kappa shape index (κ3) is 4.39. The Morgan fingerprint density at radius 1 is 1.17 bits per heavy atom. The van der Waals surface area contributed by atoms with Gasteiger partial charge >= 0.3 is 0 Å². The normalized spacial score (nSPS) is 23.6. The average Bonchev–Trinajstić information content (AvgIpc) is 3.12. The van der Waals surface area contributed by atoms with E-state index in [2.05, 4.69) is 4.99 Å². The highest BCUT2D eigenvalue weighted by atomic mass is 32.2. The second kappa shape index (κ2) is 8.07. The first kappa shape index (κ1) is 20.9. The van der Waals surface area contributed by atoms with Crippen LogP contribution in [0.4, 0.5) is 11.4 Å². The molecular weight excluding hydrogens is 418 g/mol. The summed E-state index contributed by atoms with van der Waals surface area (Å²) in [5, 5.41) is 0.490. The van der Waals surface area contributed by atoms with Gasteiger partial charge in [-0.1, -0.05) is 41.6 Å². The Balaban J connectivity index is 1.63. The third-order valence-electron chi connectivity index (χ3n) is 5.37. The van der Waals surface area contributed by atoms with Gasteiger partial charge in [0, 0.05) is 30.7 Å². The first-order valence-electron chi connectivity index (χ1n) is 9.82. The van der Waals surface area contributed by atoms with E-state index in [0.29, 0.717) is 5.17 Å². The molecular formula is C22H25N3O3S2. The Hall–Kier alpha value is -2.32. The van der Waals surface area contributed by atoms with Crippen molar-refractivity contribution in [3.05, 3.63) is 59.7 Å². The Morgan fingerprint density at radius 3 is 2.57 bits per heavy atom. The van der Waals surface area contributed by atoms with Crippen LogP contribution in [0.25, 0.3) is 0 Å². The van der Waals surface area contributed by atoms with E-state index in [-0.39, 0.29) is 35.1 Å². The van der Waals surface area contributed by atoms with Crippen LogP contribution >= 0.6 is 11.8 Å². The second-order valence-corrected chi connectivity index (χ2v) is 11.4. The molecule has 30 heavy (non-hydrogen) atoms. The van der Waals surface area contributed by atoms with Crippen molar-refractivity contribution in [3.8, 4) is 0 Å². The van der Waals surface area contributed by atoms with E-state index in [1.165, 1.54) is 11.8 Å². The van der Waals surface area contributed by atoms with Gasteiger partial charge in [0.2, 0.25) is 0 Å². The smallest absolute Gasteiger partial charge is 0.252 e. The van der Waals surface area contributed by atoms with E-state index in [1.807, 2.05) is 79.3 Å². The molecule has 0 spiro atoms. The highest BCUT2D eigenvalue weighted by Crippen LogP contribution is 2.41. The van der Waals surface area contributed by atoms with Crippen molar-refractivity contribution < 1.29 is 13.2 Å². The van der Waals surface area contributed by atoms with Gasteiger partial charge in [0.1, 0.15) is 0 Å². The lowest BCUT2D eigenvalue weighted by atomic mass is 10.1. The van der Waals surface area contributed by atoms with Crippen molar-refractivity contribution in [2.75, 3.05) is 35.4 Å². The molecule has 4 rings (SSSR count). The lowest BCUT2D eigenvalue weighted by Crippen LogP contribution is -2.37. The van der Waals surface area contributed by atoms with Crippen molar-refractivity contribution in [1.29, 1.82) is 0 Å². The number of aliphatic imine (C=N–C) groups is 1. The molecule has 158 valence electrons. The van der Waals surface area contributed by atoms with Crippen molar-refractivity contribution >= 4 is 44.0 Å². The van der Waals surface area contributed by atoms with E-state index in [4.69, 9.17) is 0 Å². The summed E-state index contributed by atoms with van der Waals surface area (Å²) in [6.07, 6.45) is 0.229. The SMILES string of the molecule is Cc1cccc(CC(=O)N=C2S[C@H]3CS(=O)(=O)C[C@H]3N2c2ccc(N(C)C)cc2)c1. The topological polar surface area (TPSA) is 70.0 Å². The van der Waals surface area contributed by atoms with Gasteiger partial charge in [-0.05, 0) is 36.8 Å². The van der Waals surface area contributed by atoms with Gasteiger partial charge in [-0.15, -0.1) is 0 Å². The van der Waals surface area contributed by atoms with Crippen LogP contribution in [0.5, 0.6) is 0 Å². The maximum Gasteiger partial charge on any atom is 0.252 e. The van der Waals surface area contributed by atoms with Crippen molar-refractivity contribution in [1.82, 2.24) is 0 Å². The summed E-state index contributed by atoms with van der Waals surface area (Å²) >= 11 is 1.40. The van der Waals surface area contributed by atoms with E-state index in [1.54, 1.807) is 0 Å². The molecule has 2 atom stereocenters. The number of amides is 1. The van der Waals surface area contributed by atoms with E-state index < -0.39 is 9.84 Å². The van der Waals surface area contributed by atoms with Gasteiger partial charge in [0.25, 0.3) is 5.91 Å². The second-order valence-electron chi connectivity index (χ2n) is 8.04. The van der Waals surface area contributed by atoms with Crippen LogP contribution in [0.15, 0.2) is 53.5 Å². The highest BCUT2D eigenvalue weighted by Gasteiger charge is 2.49. The Bertz CT molecular complexity index is 1090. The number of carbonyl (C=O) groups excluding carboxylic acids is 1. The average molecular weight is 444 g/mol. The maximum absolute atomic E-state index is 12.7. The molecule has 0 N–H and O–H groups in total. The van der Waals surface area contributed by atoms with E-state index in [0.717, 1.165) is 22.5 Å². The minimum absolute atomic E-state index is 0.0885. The minimum Gasteiger partial charge on any atom is -0.378 e. The number of nitrogens with zero attached hydrogens (tertiary/aromatic N) is 3. The summed E-state index contributed by atoms with van der Waals surface area (Å²) in [6.45, 7) is 1.99. The fourth-order valence-corrected chi connectivity index (χ4v) is 7.85. The molecule has 2 aliphatic heterocycles. The van der Waals surface area contributed by atoms with Gasteiger partial charge < -0.3 is 9.80 Å². The molecule has 8 heteroatoms. The number of fused-ring (bicyclic) bond motifs is 1. The number of anilines is 2. The van der Waals surface area contributed by atoms with Crippen molar-refractivity contribution in [2.24, 2.45) is 4.99 Å². The largest absolute Gasteiger partial charge is 0.378 e. The molecule has 6 nitrogen and oxygen atoms in total. The Morgan fingerprint density at radius 2 is 1.90 bits per heavy atom. The molecule has 0 saturated carbocycles. The summed E-state index contributed by atoms with van der Waals surface area (Å²) in [7, 11) is 0.855. The van der Waals surface area contributed by atoms with E-state index >= 15 is 0 Å². The number of carbonyl (C=O) groups is 1. The molecule has 2 aromatic carbocycles. The summed E-state index contributed by atoms with van der Waals surface area (Å²) in [5.41, 5.74) is 3.94. The van der Waals surface area contributed by atoms with Crippen molar-refractivity contribution in [3.63, 3.8) is 0 Å². The summed E-state index contributed by atoms with van der Waals surface area (Å²) in [6, 6.07) is 15.5. The summed E-state index contributed by atoms with van der Waals surface area (Å²) in [4.78, 5) is 21.0. The summed E-state index contributed by atoms with van der Waals surface area (Å²) in [5.74, 6) is -0.00825. The van der Waals surface area contributed by atoms with Crippen LogP contribution in [0.2, 0.25) is 0 Å². The maximum atomic E-state index is 12.7. The number of amidine groups is 1. The number of rotatable bonds is 4. The molecule has 1 amide bonds. The number of hydrogen-bond acceptors (Lipinski definition) is 5. The van der Waals surface area contributed by atoms with E-state index in [9.17, 15) is 13.2 Å². The predicted octanol–water partition coefficient (Wildman–Crippen LogP) is 2.91. The van der Waals surface area contributed by atoms with Crippen LogP contribution in [-0.2, 0) is 21.1 Å². The lowest BCUT2D eigenvalue weighted by molar-refractivity contribution is -0.117.